The molecule has 9 aromatic rings. The molecule has 0 saturated carbocycles. The normalized spacial score (nSPS) is 14.1. The average Bonchev–Trinajstić information content (AvgIpc) is 3.68. The van der Waals surface area contributed by atoms with Crippen molar-refractivity contribution in [1.29, 1.82) is 0 Å². The molecule has 0 saturated heterocycles. The molecule has 8 aromatic carbocycles. The molecule has 13 rings (SSSR count). The van der Waals surface area contributed by atoms with Gasteiger partial charge in [-0.25, -0.2) is 0 Å². The molecule has 0 spiro atoms. The topological polar surface area (TPSA) is 26.1 Å². The van der Waals surface area contributed by atoms with E-state index in [1.165, 1.54) is 109 Å². The third-order valence-corrected chi connectivity index (χ3v) is 17.1. The van der Waals surface area contributed by atoms with Crippen LogP contribution in [-0.4, -0.2) is 37.6 Å². The molecule has 338 valence electrons. The fourth-order valence-electron chi connectivity index (χ4n) is 12.2. The van der Waals surface area contributed by atoms with Crippen LogP contribution in [0.25, 0.3) is 21.9 Å². The Bertz CT molecular complexity index is 3300. The van der Waals surface area contributed by atoms with Crippen molar-refractivity contribution in [3.63, 3.8) is 0 Å². The van der Waals surface area contributed by atoms with Crippen LogP contribution < -0.4 is 52.4 Å². The van der Waals surface area contributed by atoms with Crippen molar-refractivity contribution in [3.05, 3.63) is 158 Å². The molecule has 5 heterocycles. The summed E-state index contributed by atoms with van der Waals surface area (Å²) in [5.41, 5.74) is 20.1. The molecule has 9 heteroatoms. The van der Waals surface area contributed by atoms with Crippen molar-refractivity contribution in [2.45, 2.75) is 99.1 Å². The van der Waals surface area contributed by atoms with Crippen LogP contribution in [0.15, 0.2) is 182 Å². The molecule has 0 bridgehead atoms. The van der Waals surface area contributed by atoms with Gasteiger partial charge in [-0.15, -0.1) is 0 Å². The summed E-state index contributed by atoms with van der Waals surface area (Å²) in [4.78, 5) is 15.3. The SMILES string of the molecule is CC(C)N(c1ccccc1)c1cc2c3c(c1)N(C(C)C)c1ccccc1B3c1cc3c(cc1S2)oc1cc2c(cc13)B1c3ccccc3N(C(C)C)c3cc(N(c4ccccc4)C(C)C)cc(c31)S2. The molecule has 0 fully saturated rings. The van der Waals surface area contributed by atoms with Gasteiger partial charge in [-0.2, -0.15) is 0 Å². The Hall–Kier alpha value is -6.41. The molecule has 0 N–H and O–H groups in total. The van der Waals surface area contributed by atoms with Crippen LogP contribution in [0.3, 0.4) is 0 Å². The average molecular weight is 933 g/mol. The maximum Gasteiger partial charge on any atom is 0.249 e. The number of hydrogen-bond acceptors (Lipinski definition) is 7. The van der Waals surface area contributed by atoms with Gasteiger partial charge in [-0.05, 0) is 150 Å². The number of benzene rings is 8. The lowest BCUT2D eigenvalue weighted by Gasteiger charge is -2.43. The highest BCUT2D eigenvalue weighted by atomic mass is 32.2. The molecule has 0 aliphatic carbocycles. The van der Waals surface area contributed by atoms with Gasteiger partial charge in [0.2, 0.25) is 13.4 Å². The van der Waals surface area contributed by atoms with E-state index in [-0.39, 0.29) is 37.6 Å². The number of hydrogen-bond donors (Lipinski definition) is 0. The lowest BCUT2D eigenvalue weighted by Crippen LogP contribution is -2.61. The molecule has 0 radical (unpaired) electrons. The standard InChI is InChI=1S/C60H54B2N4OS2/c1-35(2)63(39-19-11-9-12-20-39)41-27-51-59-57(29-41)68-55-33-53-43(31-47(55)61(59)45-23-15-17-25-49(45)65(51)37(5)6)44-32-48-56(34-54(44)67-53)69-58-30-42(64(36(3)4)40-21-13-10-14-22-40)28-52-60(58)62(48)46-24-16-18-26-50(46)66(52)38(7)8/h9-38H,1-8H3. The van der Waals surface area contributed by atoms with Crippen molar-refractivity contribution >= 4 is 137 Å². The lowest BCUT2D eigenvalue weighted by molar-refractivity contribution is 0.667. The first-order chi connectivity index (χ1) is 33.5. The minimum atomic E-state index is 0.0791. The van der Waals surface area contributed by atoms with Crippen LogP contribution in [-0.2, 0) is 0 Å². The van der Waals surface area contributed by atoms with Crippen molar-refractivity contribution in [2.75, 3.05) is 19.6 Å². The molecule has 4 aliphatic heterocycles. The summed E-state index contributed by atoms with van der Waals surface area (Å²) in [6.07, 6.45) is 0. The lowest BCUT2D eigenvalue weighted by atomic mass is 9.34. The zero-order valence-electron chi connectivity index (χ0n) is 40.5. The van der Waals surface area contributed by atoms with E-state index < -0.39 is 0 Å². The van der Waals surface area contributed by atoms with Gasteiger partial charge in [0.25, 0.3) is 0 Å². The van der Waals surface area contributed by atoms with E-state index >= 15 is 0 Å². The van der Waals surface area contributed by atoms with E-state index in [4.69, 9.17) is 4.42 Å². The third-order valence-electron chi connectivity index (χ3n) is 14.8. The van der Waals surface area contributed by atoms with Crippen LogP contribution in [0, 0.1) is 0 Å². The van der Waals surface area contributed by atoms with E-state index in [1.807, 2.05) is 23.5 Å². The molecule has 5 nitrogen and oxygen atoms in total. The summed E-state index contributed by atoms with van der Waals surface area (Å²) in [5.74, 6) is 0. The second-order valence-electron chi connectivity index (χ2n) is 20.3. The fraction of sp³-hybridized carbons (Fsp3) is 0.200. The number of nitrogens with zero attached hydrogens (tertiary/aromatic N) is 4. The molecule has 0 atom stereocenters. The van der Waals surface area contributed by atoms with Crippen molar-refractivity contribution in [1.82, 2.24) is 0 Å². The summed E-state index contributed by atoms with van der Waals surface area (Å²) in [5, 5.41) is 2.37. The number of para-hydroxylation sites is 4. The van der Waals surface area contributed by atoms with Crippen LogP contribution in [0.2, 0.25) is 0 Å². The van der Waals surface area contributed by atoms with E-state index in [0.717, 1.165) is 11.2 Å². The highest BCUT2D eigenvalue weighted by Gasteiger charge is 2.44. The van der Waals surface area contributed by atoms with Crippen molar-refractivity contribution in [3.8, 4) is 0 Å². The second-order valence-corrected chi connectivity index (χ2v) is 22.5. The summed E-state index contributed by atoms with van der Waals surface area (Å²) < 4.78 is 7.05. The van der Waals surface area contributed by atoms with Gasteiger partial charge in [0.1, 0.15) is 11.2 Å². The number of rotatable bonds is 8. The Morgan fingerprint density at radius 1 is 0.391 bits per heavy atom. The van der Waals surface area contributed by atoms with E-state index in [1.54, 1.807) is 0 Å². The van der Waals surface area contributed by atoms with E-state index in [0.29, 0.717) is 0 Å². The van der Waals surface area contributed by atoms with Gasteiger partial charge in [0, 0.05) is 100 Å². The van der Waals surface area contributed by atoms with Crippen LogP contribution >= 0.6 is 23.5 Å². The first-order valence-corrected chi connectivity index (χ1v) is 26.4. The molecule has 0 amide bonds. The Labute approximate surface area is 415 Å². The molecule has 69 heavy (non-hydrogen) atoms. The summed E-state index contributed by atoms with van der Waals surface area (Å²) in [6, 6.07) is 60.6. The highest BCUT2D eigenvalue weighted by molar-refractivity contribution is 8.00. The minimum Gasteiger partial charge on any atom is -0.456 e. The maximum atomic E-state index is 7.05. The third kappa shape index (κ3) is 6.49. The maximum absolute atomic E-state index is 7.05. The largest absolute Gasteiger partial charge is 0.456 e. The predicted molar refractivity (Wildman–Crippen MR) is 299 cm³/mol. The molecular weight excluding hydrogens is 878 g/mol. The smallest absolute Gasteiger partial charge is 0.249 e. The van der Waals surface area contributed by atoms with Gasteiger partial charge in [-0.1, -0.05) is 119 Å². The summed E-state index contributed by atoms with van der Waals surface area (Å²) in [6.45, 7) is 18.6. The van der Waals surface area contributed by atoms with Gasteiger partial charge in [0.15, 0.2) is 0 Å². The Morgan fingerprint density at radius 2 is 0.783 bits per heavy atom. The van der Waals surface area contributed by atoms with Gasteiger partial charge >= 0.3 is 0 Å². The summed E-state index contributed by atoms with van der Waals surface area (Å²) in [7, 11) is 0. The number of anilines is 8. The quantitative estimate of drug-likeness (QED) is 0.140. The molecule has 1 aromatic heterocycles. The first-order valence-electron chi connectivity index (χ1n) is 24.7. The van der Waals surface area contributed by atoms with E-state index in [9.17, 15) is 0 Å². The zero-order chi connectivity index (χ0) is 47.0. The highest BCUT2D eigenvalue weighted by Crippen LogP contribution is 2.47. The van der Waals surface area contributed by atoms with Crippen LogP contribution in [0.1, 0.15) is 55.4 Å². The van der Waals surface area contributed by atoms with Gasteiger partial charge in [-0.3, -0.25) is 0 Å². The Morgan fingerprint density at radius 3 is 1.17 bits per heavy atom. The van der Waals surface area contributed by atoms with E-state index in [2.05, 4.69) is 233 Å². The Kier molecular flexibility index (Phi) is 9.94. The monoisotopic (exact) mass is 932 g/mol. The number of fused-ring (bicyclic) bond motifs is 11. The molecular formula is C60H54B2N4OS2. The van der Waals surface area contributed by atoms with Crippen LogP contribution in [0.4, 0.5) is 45.5 Å². The van der Waals surface area contributed by atoms with Crippen molar-refractivity contribution in [2.24, 2.45) is 0 Å². The predicted octanol–water partition coefficient (Wildman–Crippen LogP) is 12.4. The molecule has 4 aliphatic rings. The number of furan rings is 1. The molecule has 0 unspecified atom stereocenters. The van der Waals surface area contributed by atoms with Gasteiger partial charge < -0.3 is 24.0 Å². The van der Waals surface area contributed by atoms with Gasteiger partial charge in [0.05, 0.1) is 0 Å². The summed E-state index contributed by atoms with van der Waals surface area (Å²) >= 11 is 3.81. The minimum absolute atomic E-state index is 0.0791. The first kappa shape index (κ1) is 42.7. The van der Waals surface area contributed by atoms with Crippen molar-refractivity contribution < 1.29 is 4.42 Å². The fourth-order valence-corrected chi connectivity index (χ4v) is 14.7. The Balaban J connectivity index is 1.00. The zero-order valence-corrected chi connectivity index (χ0v) is 42.1. The van der Waals surface area contributed by atoms with Crippen LogP contribution in [0.5, 0.6) is 0 Å². The second kappa shape index (κ2) is 16.1.